The van der Waals surface area contributed by atoms with Crippen LogP contribution >= 0.6 is 0 Å². The van der Waals surface area contributed by atoms with Gasteiger partial charge in [-0.1, -0.05) is 0 Å². The maximum atomic E-state index is 14.6. The fourth-order valence-electron chi connectivity index (χ4n) is 3.79. The molecule has 2 saturated heterocycles. The molecule has 2 aliphatic rings. The van der Waals surface area contributed by atoms with Crippen molar-refractivity contribution in [2.24, 2.45) is 0 Å². The summed E-state index contributed by atoms with van der Waals surface area (Å²) in [7, 11) is 3.42. The Bertz CT molecular complexity index is 825. The van der Waals surface area contributed by atoms with Crippen LogP contribution in [0.25, 0.3) is 0 Å². The number of hydrogen-bond acceptors (Lipinski definition) is 5. The van der Waals surface area contributed by atoms with Gasteiger partial charge in [0.05, 0.1) is 11.6 Å². The van der Waals surface area contributed by atoms with Crippen LogP contribution in [0, 0.1) is 11.6 Å². The van der Waals surface area contributed by atoms with Crippen molar-refractivity contribution in [3.63, 3.8) is 0 Å². The van der Waals surface area contributed by atoms with E-state index in [4.69, 9.17) is 4.74 Å². The van der Waals surface area contributed by atoms with Gasteiger partial charge in [-0.2, -0.15) is 0 Å². The Morgan fingerprint density at radius 3 is 2.24 bits per heavy atom. The molecule has 8 heteroatoms. The first-order valence-corrected chi connectivity index (χ1v) is 9.60. The molecule has 0 N–H and O–H groups in total. The molecule has 0 aromatic heterocycles. The molecule has 0 unspecified atom stereocenters. The Kier molecular flexibility index (Phi) is 5.56. The molecular formula is C21H27F2N3O3. The van der Waals surface area contributed by atoms with Gasteiger partial charge in [-0.3, -0.25) is 4.79 Å². The number of carbonyl (C=O) groups is 2. The molecule has 2 bridgehead atoms. The normalized spacial score (nSPS) is 21.2. The van der Waals surface area contributed by atoms with Gasteiger partial charge in [0.25, 0.3) is 0 Å². The third-order valence-electron chi connectivity index (χ3n) is 5.00. The Hall–Kier alpha value is -2.64. The van der Waals surface area contributed by atoms with Gasteiger partial charge in [-0.15, -0.1) is 0 Å². The molecule has 2 atom stereocenters. The summed E-state index contributed by atoms with van der Waals surface area (Å²) in [5, 5.41) is 0. The summed E-state index contributed by atoms with van der Waals surface area (Å²) in [5.74, 6) is -2.50. The van der Waals surface area contributed by atoms with E-state index in [-0.39, 0.29) is 18.2 Å². The molecule has 0 aliphatic carbocycles. The van der Waals surface area contributed by atoms with E-state index in [2.05, 4.69) is 0 Å². The minimum Gasteiger partial charge on any atom is -0.444 e. The molecule has 0 saturated carbocycles. The molecule has 1 aromatic rings. The van der Waals surface area contributed by atoms with Crippen molar-refractivity contribution < 1.29 is 23.1 Å². The topological polar surface area (TPSA) is 53.1 Å². The van der Waals surface area contributed by atoms with E-state index >= 15 is 0 Å². The lowest BCUT2D eigenvalue weighted by molar-refractivity contribution is 0.0214. The molecule has 2 fully saturated rings. The van der Waals surface area contributed by atoms with Crippen LogP contribution in [0.5, 0.6) is 0 Å². The highest BCUT2D eigenvalue weighted by Gasteiger charge is 2.46. The van der Waals surface area contributed by atoms with Gasteiger partial charge < -0.3 is 19.4 Å². The van der Waals surface area contributed by atoms with E-state index in [1.807, 2.05) is 25.7 Å². The zero-order valence-corrected chi connectivity index (χ0v) is 17.4. The Balaban J connectivity index is 1.74. The van der Waals surface area contributed by atoms with E-state index in [9.17, 15) is 18.4 Å². The number of amides is 1. The molecule has 29 heavy (non-hydrogen) atoms. The van der Waals surface area contributed by atoms with Crippen molar-refractivity contribution in [3.05, 3.63) is 41.6 Å². The molecule has 2 heterocycles. The number of hydrogen-bond donors (Lipinski definition) is 0. The number of ether oxygens (including phenoxy) is 1. The Morgan fingerprint density at radius 2 is 1.76 bits per heavy atom. The number of carbonyl (C=O) groups excluding carboxylic acids is 2. The molecule has 158 valence electrons. The van der Waals surface area contributed by atoms with Crippen molar-refractivity contribution in [1.82, 2.24) is 9.80 Å². The fourth-order valence-corrected chi connectivity index (χ4v) is 3.79. The van der Waals surface area contributed by atoms with Crippen LogP contribution < -0.4 is 4.90 Å². The number of anilines is 1. The van der Waals surface area contributed by atoms with Crippen LogP contribution in [0.2, 0.25) is 0 Å². The zero-order valence-electron chi connectivity index (χ0n) is 17.4. The first-order valence-electron chi connectivity index (χ1n) is 9.60. The second kappa shape index (κ2) is 7.65. The van der Waals surface area contributed by atoms with Crippen LogP contribution in [0.4, 0.5) is 19.3 Å². The minimum absolute atomic E-state index is 0.0403. The summed E-state index contributed by atoms with van der Waals surface area (Å²) < 4.78 is 34.5. The van der Waals surface area contributed by atoms with Crippen LogP contribution in [0.15, 0.2) is 24.4 Å². The first kappa shape index (κ1) is 21.1. The molecule has 1 aromatic carbocycles. The van der Waals surface area contributed by atoms with E-state index in [1.165, 1.54) is 18.3 Å². The quantitative estimate of drug-likeness (QED) is 0.566. The van der Waals surface area contributed by atoms with Crippen LogP contribution in [-0.4, -0.2) is 66.5 Å². The average Bonchev–Trinajstić information content (AvgIpc) is 3.18. The Labute approximate surface area is 169 Å². The lowest BCUT2D eigenvalue weighted by Crippen LogP contribution is -2.50. The summed E-state index contributed by atoms with van der Waals surface area (Å²) in [6.07, 6.45) is 2.93. The lowest BCUT2D eigenvalue weighted by atomic mass is 10.1. The second-order valence-electron chi connectivity index (χ2n) is 8.76. The summed E-state index contributed by atoms with van der Waals surface area (Å²) in [6.45, 7) is 6.35. The summed E-state index contributed by atoms with van der Waals surface area (Å²) >= 11 is 0. The van der Waals surface area contributed by atoms with Crippen molar-refractivity contribution in [1.29, 1.82) is 0 Å². The summed E-state index contributed by atoms with van der Waals surface area (Å²) in [5.41, 5.74) is -0.759. The lowest BCUT2D eigenvalue weighted by Gasteiger charge is -2.36. The van der Waals surface area contributed by atoms with E-state index in [0.29, 0.717) is 25.2 Å². The number of ketones is 1. The highest BCUT2D eigenvalue weighted by atomic mass is 19.1. The predicted octanol–water partition coefficient (Wildman–Crippen LogP) is 3.42. The molecule has 0 spiro atoms. The monoisotopic (exact) mass is 407 g/mol. The third-order valence-corrected chi connectivity index (χ3v) is 5.00. The SMILES string of the molecule is CN(C)/C=C/C(=O)c1c(F)cc(N2C[C@@H]3C[C@H]2CN3C(=O)OC(C)(C)C)cc1F. The zero-order chi connectivity index (χ0) is 21.5. The number of rotatable bonds is 4. The average molecular weight is 407 g/mol. The molecule has 3 rings (SSSR count). The largest absolute Gasteiger partial charge is 0.444 e. The van der Waals surface area contributed by atoms with E-state index in [1.54, 1.807) is 23.9 Å². The summed E-state index contributed by atoms with van der Waals surface area (Å²) in [4.78, 5) is 29.7. The number of fused-ring (bicyclic) bond motifs is 2. The van der Waals surface area contributed by atoms with E-state index < -0.39 is 28.6 Å². The summed E-state index contributed by atoms with van der Waals surface area (Å²) in [6, 6.07) is 2.28. The predicted molar refractivity (Wildman–Crippen MR) is 106 cm³/mol. The van der Waals surface area contributed by atoms with Crippen LogP contribution in [0.3, 0.4) is 0 Å². The number of halogens is 2. The van der Waals surface area contributed by atoms with Gasteiger partial charge in [0, 0.05) is 51.2 Å². The van der Waals surface area contributed by atoms with Gasteiger partial charge >= 0.3 is 6.09 Å². The van der Waals surface area contributed by atoms with Crippen molar-refractivity contribution >= 4 is 17.6 Å². The fraction of sp³-hybridized carbons (Fsp3) is 0.524. The number of nitrogens with zero attached hydrogens (tertiary/aromatic N) is 3. The van der Waals surface area contributed by atoms with Gasteiger partial charge in [0.1, 0.15) is 17.2 Å². The molecule has 2 aliphatic heterocycles. The van der Waals surface area contributed by atoms with Gasteiger partial charge in [0.15, 0.2) is 5.78 Å². The maximum Gasteiger partial charge on any atom is 0.410 e. The van der Waals surface area contributed by atoms with Crippen molar-refractivity contribution in [2.45, 2.75) is 44.9 Å². The van der Waals surface area contributed by atoms with Gasteiger partial charge in [0.2, 0.25) is 0 Å². The van der Waals surface area contributed by atoms with Crippen LogP contribution in [0.1, 0.15) is 37.6 Å². The van der Waals surface area contributed by atoms with Gasteiger partial charge in [-0.05, 0) is 39.3 Å². The van der Waals surface area contributed by atoms with Crippen molar-refractivity contribution in [2.75, 3.05) is 32.1 Å². The minimum atomic E-state index is -0.889. The highest BCUT2D eigenvalue weighted by molar-refractivity contribution is 6.05. The second-order valence-corrected chi connectivity index (χ2v) is 8.76. The number of benzene rings is 1. The molecule has 0 radical (unpaired) electrons. The smallest absolute Gasteiger partial charge is 0.410 e. The van der Waals surface area contributed by atoms with E-state index in [0.717, 1.165) is 6.08 Å². The van der Waals surface area contributed by atoms with Crippen molar-refractivity contribution in [3.8, 4) is 0 Å². The first-order chi connectivity index (χ1) is 13.5. The Morgan fingerprint density at radius 1 is 1.14 bits per heavy atom. The maximum absolute atomic E-state index is 14.6. The standard InChI is InChI=1S/C21H27F2N3O3/c1-21(2,3)29-20(28)26-12-14-8-15(26)11-25(14)13-9-16(22)19(17(23)10-13)18(27)6-7-24(4)5/h6-7,9-10,14-15H,8,11-12H2,1-5H3/b7-6+/t14-,15-/m0/s1. The number of piperazine rings is 1. The van der Waals surface area contributed by atoms with Crippen LogP contribution in [-0.2, 0) is 4.74 Å². The highest BCUT2D eigenvalue weighted by Crippen LogP contribution is 2.36. The number of likely N-dealkylation sites (tertiary alicyclic amines) is 1. The molecular weight excluding hydrogens is 380 g/mol. The third kappa shape index (κ3) is 4.52. The molecule has 1 amide bonds. The number of allylic oxidation sites excluding steroid dienone is 1. The van der Waals surface area contributed by atoms with Gasteiger partial charge in [-0.25, -0.2) is 13.6 Å². The molecule has 6 nitrogen and oxygen atoms in total.